The monoisotopic (exact) mass is 278 g/mol. The number of rotatable bonds is 12. The van der Waals surface area contributed by atoms with E-state index >= 15 is 0 Å². The Morgan fingerprint density at radius 2 is 1.45 bits per heavy atom. The van der Waals surface area contributed by atoms with Gasteiger partial charge in [0.25, 0.3) is 0 Å². The minimum atomic E-state index is 0.0695. The van der Waals surface area contributed by atoms with Crippen molar-refractivity contribution in [3.63, 3.8) is 0 Å². The fourth-order valence-corrected chi connectivity index (χ4v) is 2.38. The molecule has 1 aromatic carbocycles. The third kappa shape index (κ3) is 8.21. The third-order valence-electron chi connectivity index (χ3n) is 3.60. The molecular weight excluding hydrogens is 248 g/mol. The van der Waals surface area contributed by atoms with Crippen molar-refractivity contribution in [2.45, 2.75) is 64.7 Å². The summed E-state index contributed by atoms with van der Waals surface area (Å²) >= 11 is 0. The molecule has 0 radical (unpaired) electrons. The molecule has 114 valence electrons. The lowest BCUT2D eigenvalue weighted by atomic mass is 10.0. The summed E-state index contributed by atoms with van der Waals surface area (Å²) in [4.78, 5) is 0. The van der Waals surface area contributed by atoms with Crippen LogP contribution in [0.2, 0.25) is 0 Å². The second-order valence-electron chi connectivity index (χ2n) is 5.44. The second-order valence-corrected chi connectivity index (χ2v) is 5.44. The highest BCUT2D eigenvalue weighted by atomic mass is 16.5. The number of hydrogen-bond donors (Lipinski definition) is 1. The maximum atomic E-state index is 8.69. The average Bonchev–Trinajstić information content (AvgIpc) is 2.49. The first-order valence-electron chi connectivity index (χ1n) is 8.19. The first-order chi connectivity index (χ1) is 9.86. The van der Waals surface area contributed by atoms with E-state index in [0.717, 1.165) is 12.2 Å². The van der Waals surface area contributed by atoms with E-state index in [0.29, 0.717) is 6.61 Å². The van der Waals surface area contributed by atoms with E-state index in [4.69, 9.17) is 9.84 Å². The van der Waals surface area contributed by atoms with E-state index in [1.54, 1.807) is 0 Å². The maximum Gasteiger partial charge on any atom is 0.119 e. The Hall–Kier alpha value is -1.02. The van der Waals surface area contributed by atoms with Crippen LogP contribution in [0.25, 0.3) is 0 Å². The summed E-state index contributed by atoms with van der Waals surface area (Å²) < 4.78 is 5.35. The van der Waals surface area contributed by atoms with Crippen LogP contribution in [0.4, 0.5) is 0 Å². The lowest BCUT2D eigenvalue weighted by molar-refractivity contribution is 0.201. The summed E-state index contributed by atoms with van der Waals surface area (Å²) in [5.74, 6) is 0.846. The molecule has 0 heterocycles. The van der Waals surface area contributed by atoms with Crippen LogP contribution >= 0.6 is 0 Å². The zero-order chi connectivity index (χ0) is 14.5. The highest BCUT2D eigenvalue weighted by Crippen LogP contribution is 2.15. The molecule has 1 rings (SSSR count). The van der Waals surface area contributed by atoms with Gasteiger partial charge < -0.3 is 9.84 Å². The van der Waals surface area contributed by atoms with E-state index in [1.807, 2.05) is 12.1 Å². The van der Waals surface area contributed by atoms with E-state index < -0.39 is 0 Å². The second kappa shape index (κ2) is 11.8. The minimum absolute atomic E-state index is 0.0695. The molecule has 0 fully saturated rings. The molecule has 0 spiro atoms. The Morgan fingerprint density at radius 1 is 0.850 bits per heavy atom. The molecule has 0 unspecified atom stereocenters. The maximum absolute atomic E-state index is 8.69. The zero-order valence-electron chi connectivity index (χ0n) is 12.9. The van der Waals surface area contributed by atoms with Gasteiger partial charge in [-0.15, -0.1) is 0 Å². The predicted molar refractivity (Wildman–Crippen MR) is 85.3 cm³/mol. The van der Waals surface area contributed by atoms with E-state index in [1.165, 1.54) is 56.9 Å². The molecule has 2 heteroatoms. The van der Waals surface area contributed by atoms with Crippen LogP contribution in [0.5, 0.6) is 5.75 Å². The molecule has 1 N–H and O–H groups in total. The van der Waals surface area contributed by atoms with Crippen molar-refractivity contribution < 1.29 is 9.84 Å². The van der Waals surface area contributed by atoms with Crippen molar-refractivity contribution >= 4 is 0 Å². The van der Waals surface area contributed by atoms with Crippen molar-refractivity contribution in [1.82, 2.24) is 0 Å². The summed E-state index contributed by atoms with van der Waals surface area (Å²) in [5, 5.41) is 8.69. The van der Waals surface area contributed by atoms with Gasteiger partial charge in [0.1, 0.15) is 12.4 Å². The normalized spacial score (nSPS) is 10.7. The van der Waals surface area contributed by atoms with Crippen LogP contribution in [0.15, 0.2) is 24.3 Å². The van der Waals surface area contributed by atoms with E-state index in [-0.39, 0.29) is 6.61 Å². The van der Waals surface area contributed by atoms with Crippen LogP contribution in [0, 0.1) is 0 Å². The van der Waals surface area contributed by atoms with Gasteiger partial charge in [0.2, 0.25) is 0 Å². The molecule has 0 saturated carbocycles. The fourth-order valence-electron chi connectivity index (χ4n) is 2.38. The van der Waals surface area contributed by atoms with Gasteiger partial charge in [0.15, 0.2) is 0 Å². The summed E-state index contributed by atoms with van der Waals surface area (Å²) in [6, 6.07) is 8.26. The number of hydrogen-bond acceptors (Lipinski definition) is 2. The topological polar surface area (TPSA) is 29.5 Å². The highest BCUT2D eigenvalue weighted by molar-refractivity contribution is 5.27. The molecule has 0 atom stereocenters. The Balaban J connectivity index is 2.04. The van der Waals surface area contributed by atoms with Gasteiger partial charge >= 0.3 is 0 Å². The molecule has 2 nitrogen and oxygen atoms in total. The highest BCUT2D eigenvalue weighted by Gasteiger charge is 1.97. The largest absolute Gasteiger partial charge is 0.491 e. The molecule has 0 aliphatic rings. The zero-order valence-corrected chi connectivity index (χ0v) is 12.9. The van der Waals surface area contributed by atoms with Crippen LogP contribution in [-0.2, 0) is 6.42 Å². The molecule has 0 bridgehead atoms. The molecular formula is C18H30O2. The van der Waals surface area contributed by atoms with Crippen molar-refractivity contribution in [2.24, 2.45) is 0 Å². The quantitative estimate of drug-likeness (QED) is 0.559. The Morgan fingerprint density at radius 3 is 2.05 bits per heavy atom. The number of aryl methyl sites for hydroxylation is 1. The minimum Gasteiger partial charge on any atom is -0.491 e. The first-order valence-corrected chi connectivity index (χ1v) is 8.19. The summed E-state index contributed by atoms with van der Waals surface area (Å²) in [6.45, 7) is 2.71. The summed E-state index contributed by atoms with van der Waals surface area (Å²) in [6.07, 6.45) is 12.1. The SMILES string of the molecule is CCCCCCCCCCc1ccc(OCCO)cc1. The summed E-state index contributed by atoms with van der Waals surface area (Å²) in [7, 11) is 0. The van der Waals surface area contributed by atoms with Crippen molar-refractivity contribution in [1.29, 1.82) is 0 Å². The smallest absolute Gasteiger partial charge is 0.119 e. The van der Waals surface area contributed by atoms with Gasteiger partial charge in [-0.2, -0.15) is 0 Å². The molecule has 1 aromatic rings. The molecule has 0 amide bonds. The Bertz CT molecular complexity index is 319. The molecule has 0 aliphatic carbocycles. The van der Waals surface area contributed by atoms with Gasteiger partial charge in [0, 0.05) is 0 Å². The van der Waals surface area contributed by atoms with Crippen molar-refractivity contribution in [2.75, 3.05) is 13.2 Å². The third-order valence-corrected chi connectivity index (χ3v) is 3.60. The number of aliphatic hydroxyl groups excluding tert-OH is 1. The molecule has 0 aromatic heterocycles. The van der Waals surface area contributed by atoms with Gasteiger partial charge in [-0.25, -0.2) is 0 Å². The van der Waals surface area contributed by atoms with Crippen LogP contribution in [0.3, 0.4) is 0 Å². The average molecular weight is 278 g/mol. The predicted octanol–water partition coefficient (Wildman–Crippen LogP) is 4.74. The molecule has 20 heavy (non-hydrogen) atoms. The lowest BCUT2D eigenvalue weighted by Crippen LogP contribution is -2.01. The number of unbranched alkanes of at least 4 members (excludes halogenated alkanes) is 7. The van der Waals surface area contributed by atoms with Gasteiger partial charge in [-0.1, -0.05) is 64.0 Å². The first kappa shape index (κ1) is 17.0. The number of ether oxygens (including phenoxy) is 1. The standard InChI is InChI=1S/C18H30O2/c1-2-3-4-5-6-7-8-9-10-17-11-13-18(14-12-17)20-16-15-19/h11-14,19H,2-10,15-16H2,1H3. The van der Waals surface area contributed by atoms with Crippen LogP contribution in [0.1, 0.15) is 63.9 Å². The van der Waals surface area contributed by atoms with E-state index in [2.05, 4.69) is 19.1 Å². The van der Waals surface area contributed by atoms with Gasteiger partial charge in [-0.3, -0.25) is 0 Å². The van der Waals surface area contributed by atoms with Crippen LogP contribution in [-0.4, -0.2) is 18.3 Å². The van der Waals surface area contributed by atoms with Crippen molar-refractivity contribution in [3.8, 4) is 5.75 Å². The molecule has 0 aliphatic heterocycles. The molecule has 0 saturated heterocycles. The van der Waals surface area contributed by atoms with Gasteiger partial charge in [-0.05, 0) is 30.5 Å². The number of aliphatic hydroxyl groups is 1. The number of benzene rings is 1. The summed E-state index contributed by atoms with van der Waals surface area (Å²) in [5.41, 5.74) is 1.38. The lowest BCUT2D eigenvalue weighted by Gasteiger charge is -2.06. The fraction of sp³-hybridized carbons (Fsp3) is 0.667. The van der Waals surface area contributed by atoms with E-state index in [9.17, 15) is 0 Å². The van der Waals surface area contributed by atoms with Crippen LogP contribution < -0.4 is 4.74 Å². The van der Waals surface area contributed by atoms with Gasteiger partial charge in [0.05, 0.1) is 6.61 Å². The Labute approximate surface area is 124 Å². The van der Waals surface area contributed by atoms with Crippen molar-refractivity contribution in [3.05, 3.63) is 29.8 Å². The Kier molecular flexibility index (Phi) is 10.0.